The number of alkyl halides is 3. The number of carbonyl (C=O) groups excluding carboxylic acids is 1. The molecule has 1 fully saturated rings. The van der Waals surface area contributed by atoms with E-state index in [1.807, 2.05) is 0 Å². The lowest BCUT2D eigenvalue weighted by molar-refractivity contribution is -0.189. The van der Waals surface area contributed by atoms with Crippen molar-refractivity contribution in [3.8, 4) is 11.5 Å². The number of nitrogens with zero attached hydrogens (tertiary/aromatic N) is 1. The number of amides is 1. The SMILES string of the molecule is COc1c(S(C)(=O)=O)ccc(O[C@@H](C)C(F)(F)F)c1C(=O)N1CC(c2cc(F)c(F)c(F)c2)C1. The molecule has 0 aliphatic carbocycles. The molecule has 1 aliphatic heterocycles. The second kappa shape index (κ2) is 9.01. The Hall–Kier alpha value is -2.96. The summed E-state index contributed by atoms with van der Waals surface area (Å²) in [5, 5.41) is 0. The predicted octanol–water partition coefficient (Wildman–Crippen LogP) is 4.09. The van der Waals surface area contributed by atoms with Crippen LogP contribution in [0.5, 0.6) is 11.5 Å². The lowest BCUT2D eigenvalue weighted by Gasteiger charge is -2.40. The Morgan fingerprint density at radius 2 is 1.68 bits per heavy atom. The third-order valence-electron chi connectivity index (χ3n) is 5.31. The zero-order valence-electron chi connectivity index (χ0n) is 18.0. The molecule has 1 amide bonds. The number of halogens is 6. The minimum Gasteiger partial charge on any atom is -0.494 e. The van der Waals surface area contributed by atoms with Crippen LogP contribution in [0.2, 0.25) is 0 Å². The molecule has 1 heterocycles. The first-order chi connectivity index (χ1) is 15.6. The molecule has 1 saturated heterocycles. The number of benzene rings is 2. The minimum absolute atomic E-state index is 0.0828. The Bertz CT molecular complexity index is 1200. The second-order valence-electron chi connectivity index (χ2n) is 7.75. The van der Waals surface area contributed by atoms with Gasteiger partial charge in [0.25, 0.3) is 5.91 Å². The molecule has 3 rings (SSSR count). The Morgan fingerprint density at radius 3 is 2.15 bits per heavy atom. The van der Waals surface area contributed by atoms with E-state index in [2.05, 4.69) is 0 Å². The molecule has 186 valence electrons. The van der Waals surface area contributed by atoms with Crippen LogP contribution in [0.3, 0.4) is 0 Å². The molecular weight excluding hydrogens is 492 g/mol. The van der Waals surface area contributed by atoms with Gasteiger partial charge < -0.3 is 14.4 Å². The van der Waals surface area contributed by atoms with Gasteiger partial charge in [0.15, 0.2) is 39.1 Å². The number of hydrogen-bond acceptors (Lipinski definition) is 5. The maximum Gasteiger partial charge on any atom is 0.425 e. The molecule has 0 aromatic heterocycles. The average molecular weight is 511 g/mol. The lowest BCUT2D eigenvalue weighted by atomic mass is 9.90. The van der Waals surface area contributed by atoms with Gasteiger partial charge >= 0.3 is 6.18 Å². The molecule has 2 aromatic carbocycles. The summed E-state index contributed by atoms with van der Waals surface area (Å²) in [6.45, 7) is 0.468. The van der Waals surface area contributed by atoms with E-state index in [4.69, 9.17) is 9.47 Å². The summed E-state index contributed by atoms with van der Waals surface area (Å²) >= 11 is 0. The van der Waals surface area contributed by atoms with Crippen molar-refractivity contribution in [3.05, 3.63) is 52.8 Å². The minimum atomic E-state index is -4.78. The fourth-order valence-corrected chi connectivity index (χ4v) is 4.26. The second-order valence-corrected chi connectivity index (χ2v) is 9.73. The number of methoxy groups -OCH3 is 1. The van der Waals surface area contributed by atoms with E-state index in [0.717, 1.165) is 42.5 Å². The zero-order chi connectivity index (χ0) is 25.6. The Kier molecular flexibility index (Phi) is 6.80. The van der Waals surface area contributed by atoms with Gasteiger partial charge in [-0.1, -0.05) is 0 Å². The smallest absolute Gasteiger partial charge is 0.425 e. The number of rotatable bonds is 6. The largest absolute Gasteiger partial charge is 0.494 e. The van der Waals surface area contributed by atoms with E-state index < -0.39 is 73.4 Å². The third-order valence-corrected chi connectivity index (χ3v) is 6.43. The van der Waals surface area contributed by atoms with Gasteiger partial charge in [-0.25, -0.2) is 21.6 Å². The van der Waals surface area contributed by atoms with Crippen LogP contribution in [0.15, 0.2) is 29.2 Å². The number of ether oxygens (including phenoxy) is 2. The van der Waals surface area contributed by atoms with Crippen molar-refractivity contribution in [1.82, 2.24) is 4.90 Å². The first-order valence-corrected chi connectivity index (χ1v) is 11.6. The summed E-state index contributed by atoms with van der Waals surface area (Å²) < 4.78 is 114. The van der Waals surface area contributed by atoms with Crippen LogP contribution in [-0.2, 0) is 9.84 Å². The quantitative estimate of drug-likeness (QED) is 0.432. The highest BCUT2D eigenvalue weighted by atomic mass is 32.2. The molecule has 0 unspecified atom stereocenters. The van der Waals surface area contributed by atoms with Crippen LogP contribution in [0.4, 0.5) is 26.3 Å². The lowest BCUT2D eigenvalue weighted by Crippen LogP contribution is -2.48. The molecule has 0 spiro atoms. The van der Waals surface area contributed by atoms with Gasteiger partial charge in [0.05, 0.1) is 7.11 Å². The van der Waals surface area contributed by atoms with Gasteiger partial charge in [0.1, 0.15) is 16.2 Å². The molecule has 1 atom stereocenters. The molecule has 2 aromatic rings. The molecule has 0 bridgehead atoms. The third kappa shape index (κ3) is 4.93. The van der Waals surface area contributed by atoms with Gasteiger partial charge in [0, 0.05) is 25.3 Å². The van der Waals surface area contributed by atoms with Crippen molar-refractivity contribution in [3.63, 3.8) is 0 Å². The topological polar surface area (TPSA) is 72.9 Å². The van der Waals surface area contributed by atoms with Crippen LogP contribution >= 0.6 is 0 Å². The summed E-state index contributed by atoms with van der Waals surface area (Å²) in [7, 11) is -2.91. The maximum atomic E-state index is 13.5. The number of likely N-dealkylation sites (tertiary alicyclic amines) is 1. The number of carbonyl (C=O) groups is 1. The van der Waals surface area contributed by atoms with Crippen molar-refractivity contribution in [2.24, 2.45) is 0 Å². The highest BCUT2D eigenvalue weighted by molar-refractivity contribution is 7.90. The Labute approximate surface area is 191 Å². The number of hydrogen-bond donors (Lipinski definition) is 0. The fourth-order valence-electron chi connectivity index (χ4n) is 3.42. The van der Waals surface area contributed by atoms with Crippen molar-refractivity contribution >= 4 is 15.7 Å². The van der Waals surface area contributed by atoms with E-state index in [0.29, 0.717) is 6.92 Å². The molecule has 6 nitrogen and oxygen atoms in total. The van der Waals surface area contributed by atoms with Crippen molar-refractivity contribution in [2.45, 2.75) is 30.0 Å². The van der Waals surface area contributed by atoms with E-state index in [-0.39, 0.29) is 18.7 Å². The summed E-state index contributed by atoms with van der Waals surface area (Å²) in [5.41, 5.74) is -0.462. The van der Waals surface area contributed by atoms with Gasteiger partial charge in [-0.15, -0.1) is 0 Å². The summed E-state index contributed by atoms with van der Waals surface area (Å²) in [6.07, 6.45) is -6.28. The van der Waals surface area contributed by atoms with Crippen molar-refractivity contribution in [2.75, 3.05) is 26.5 Å². The van der Waals surface area contributed by atoms with E-state index in [1.165, 1.54) is 0 Å². The number of sulfone groups is 1. The van der Waals surface area contributed by atoms with Crippen LogP contribution in [0.25, 0.3) is 0 Å². The molecular formula is C21H19F6NO5S. The average Bonchev–Trinajstić information content (AvgIpc) is 2.68. The van der Waals surface area contributed by atoms with Crippen LogP contribution < -0.4 is 9.47 Å². The molecule has 0 saturated carbocycles. The van der Waals surface area contributed by atoms with Gasteiger partial charge in [-0.3, -0.25) is 4.79 Å². The fraction of sp³-hybridized carbons (Fsp3) is 0.381. The van der Waals surface area contributed by atoms with Crippen LogP contribution in [0, 0.1) is 17.5 Å². The Balaban J connectivity index is 1.97. The normalized spacial score (nSPS) is 15.6. The van der Waals surface area contributed by atoms with E-state index in [1.54, 1.807) is 0 Å². The van der Waals surface area contributed by atoms with Crippen molar-refractivity contribution in [1.29, 1.82) is 0 Å². The van der Waals surface area contributed by atoms with E-state index in [9.17, 15) is 39.6 Å². The monoisotopic (exact) mass is 511 g/mol. The van der Waals surface area contributed by atoms with E-state index >= 15 is 0 Å². The van der Waals surface area contributed by atoms with Crippen molar-refractivity contribution < 1.29 is 49.0 Å². The van der Waals surface area contributed by atoms with Gasteiger partial charge in [-0.2, -0.15) is 13.2 Å². The maximum absolute atomic E-state index is 13.5. The molecule has 13 heteroatoms. The highest BCUT2D eigenvalue weighted by Crippen LogP contribution is 2.40. The highest BCUT2D eigenvalue weighted by Gasteiger charge is 2.41. The van der Waals surface area contributed by atoms with Crippen LogP contribution in [-0.4, -0.2) is 58.0 Å². The summed E-state index contributed by atoms with van der Waals surface area (Å²) in [5.74, 6) is -7.00. The molecule has 1 aliphatic rings. The van der Waals surface area contributed by atoms with Gasteiger partial charge in [-0.05, 0) is 36.8 Å². The summed E-state index contributed by atoms with van der Waals surface area (Å²) in [6, 6.07) is 3.47. The van der Waals surface area contributed by atoms with Gasteiger partial charge in [0.2, 0.25) is 0 Å². The first-order valence-electron chi connectivity index (χ1n) is 9.73. The van der Waals surface area contributed by atoms with Crippen LogP contribution in [0.1, 0.15) is 28.8 Å². The standard InChI is InChI=1S/C21H19F6NO5S/c1-10(21(25,26)27)33-15-4-5-16(34(3,30)31)19(32-2)17(15)20(29)28-8-12(9-28)11-6-13(22)18(24)14(23)7-11/h4-7,10,12H,8-9H2,1-3H3/t10-/m0/s1. The molecule has 0 N–H and O–H groups in total. The first kappa shape index (κ1) is 25.7. The zero-order valence-corrected chi connectivity index (χ0v) is 18.9. The molecule has 0 radical (unpaired) electrons. The Morgan fingerprint density at radius 1 is 1.12 bits per heavy atom. The predicted molar refractivity (Wildman–Crippen MR) is 107 cm³/mol. The molecule has 34 heavy (non-hydrogen) atoms. The summed E-state index contributed by atoms with van der Waals surface area (Å²) in [4.78, 5) is 13.9.